The normalized spacial score (nSPS) is 12.9. The van der Waals surface area contributed by atoms with Gasteiger partial charge in [0.2, 0.25) is 0 Å². The maximum atomic E-state index is 12.0. The second kappa shape index (κ2) is 6.57. The van der Waals surface area contributed by atoms with E-state index < -0.39 is 24.0 Å². The molecule has 0 aliphatic heterocycles. The molecule has 0 spiro atoms. The van der Waals surface area contributed by atoms with Crippen LogP contribution in [0.2, 0.25) is 0 Å². The van der Waals surface area contributed by atoms with Gasteiger partial charge in [-0.2, -0.15) is 0 Å². The molecule has 0 aliphatic rings. The standard InChI is InChI=1S/C14H15NO4/c1-4-10-7-5-6-8-11(10)13(17)15-12(9(2)16)14(18)19-3/h1,5-9,12,16H,2-3H3,(H,15,17)/t9-,12+/m1/s1. The van der Waals surface area contributed by atoms with Crippen molar-refractivity contribution in [1.29, 1.82) is 0 Å². The lowest BCUT2D eigenvalue weighted by Crippen LogP contribution is -2.48. The maximum absolute atomic E-state index is 12.0. The van der Waals surface area contributed by atoms with Crippen LogP contribution in [0.15, 0.2) is 24.3 Å². The van der Waals surface area contributed by atoms with E-state index in [1.165, 1.54) is 14.0 Å². The summed E-state index contributed by atoms with van der Waals surface area (Å²) < 4.78 is 4.51. The van der Waals surface area contributed by atoms with Gasteiger partial charge in [0, 0.05) is 5.56 Å². The summed E-state index contributed by atoms with van der Waals surface area (Å²) in [6, 6.07) is 5.39. The number of hydrogen-bond donors (Lipinski definition) is 2. The maximum Gasteiger partial charge on any atom is 0.331 e. The fourth-order valence-corrected chi connectivity index (χ4v) is 1.53. The van der Waals surface area contributed by atoms with E-state index in [1.807, 2.05) is 0 Å². The first-order valence-corrected chi connectivity index (χ1v) is 5.63. The fourth-order valence-electron chi connectivity index (χ4n) is 1.53. The molecule has 100 valence electrons. The van der Waals surface area contributed by atoms with Crippen molar-refractivity contribution >= 4 is 11.9 Å². The molecule has 1 rings (SSSR count). The molecular formula is C14H15NO4. The minimum atomic E-state index is -1.14. The first-order valence-electron chi connectivity index (χ1n) is 5.63. The Morgan fingerprint density at radius 3 is 2.58 bits per heavy atom. The highest BCUT2D eigenvalue weighted by molar-refractivity contribution is 5.99. The van der Waals surface area contributed by atoms with Crippen molar-refractivity contribution in [2.24, 2.45) is 0 Å². The number of esters is 1. The smallest absolute Gasteiger partial charge is 0.331 e. The van der Waals surface area contributed by atoms with Crippen LogP contribution in [0.4, 0.5) is 0 Å². The summed E-state index contributed by atoms with van der Waals surface area (Å²) in [6.07, 6.45) is 4.22. The second-order valence-corrected chi connectivity index (χ2v) is 3.90. The summed E-state index contributed by atoms with van der Waals surface area (Å²) in [6.45, 7) is 1.38. The highest BCUT2D eigenvalue weighted by Crippen LogP contribution is 2.08. The van der Waals surface area contributed by atoms with E-state index in [2.05, 4.69) is 16.0 Å². The summed E-state index contributed by atoms with van der Waals surface area (Å²) in [5, 5.41) is 11.9. The molecule has 0 fully saturated rings. The van der Waals surface area contributed by atoms with E-state index in [-0.39, 0.29) is 5.56 Å². The molecule has 0 heterocycles. The zero-order valence-corrected chi connectivity index (χ0v) is 10.7. The van der Waals surface area contributed by atoms with Crippen LogP contribution in [0, 0.1) is 12.3 Å². The fraction of sp³-hybridized carbons (Fsp3) is 0.286. The van der Waals surface area contributed by atoms with Crippen molar-refractivity contribution in [2.75, 3.05) is 7.11 Å². The minimum absolute atomic E-state index is 0.263. The molecule has 0 saturated carbocycles. The third kappa shape index (κ3) is 3.57. The SMILES string of the molecule is C#Cc1ccccc1C(=O)N[C@H](C(=O)OC)[C@@H](C)O. The van der Waals surface area contributed by atoms with Gasteiger partial charge < -0.3 is 15.2 Å². The van der Waals surface area contributed by atoms with Gasteiger partial charge in [0.05, 0.1) is 18.8 Å². The van der Waals surface area contributed by atoms with Crippen molar-refractivity contribution in [3.05, 3.63) is 35.4 Å². The number of hydrogen-bond acceptors (Lipinski definition) is 4. The molecule has 5 heteroatoms. The Morgan fingerprint density at radius 1 is 1.42 bits per heavy atom. The van der Waals surface area contributed by atoms with E-state index >= 15 is 0 Å². The Bertz CT molecular complexity index is 516. The number of carbonyl (C=O) groups excluding carboxylic acids is 2. The molecule has 0 unspecified atom stereocenters. The van der Waals surface area contributed by atoms with E-state index in [1.54, 1.807) is 24.3 Å². The van der Waals surface area contributed by atoms with Gasteiger partial charge in [0.25, 0.3) is 5.91 Å². The van der Waals surface area contributed by atoms with E-state index in [4.69, 9.17) is 6.42 Å². The summed E-state index contributed by atoms with van der Waals surface area (Å²) in [7, 11) is 1.18. The number of amides is 1. The van der Waals surface area contributed by atoms with Gasteiger partial charge in [-0.15, -0.1) is 6.42 Å². The van der Waals surface area contributed by atoms with Crippen molar-refractivity contribution in [3.8, 4) is 12.3 Å². The average molecular weight is 261 g/mol. The van der Waals surface area contributed by atoms with Gasteiger partial charge in [0.15, 0.2) is 6.04 Å². The lowest BCUT2D eigenvalue weighted by molar-refractivity contribution is -0.145. The summed E-state index contributed by atoms with van der Waals surface area (Å²) >= 11 is 0. The number of methoxy groups -OCH3 is 1. The highest BCUT2D eigenvalue weighted by Gasteiger charge is 2.27. The predicted molar refractivity (Wildman–Crippen MR) is 69.3 cm³/mol. The van der Waals surface area contributed by atoms with Crippen LogP contribution >= 0.6 is 0 Å². The molecule has 2 N–H and O–H groups in total. The van der Waals surface area contributed by atoms with Crippen LogP contribution in [-0.4, -0.2) is 36.2 Å². The monoisotopic (exact) mass is 261 g/mol. The molecule has 0 aromatic heterocycles. The number of nitrogens with one attached hydrogen (secondary N) is 1. The van der Waals surface area contributed by atoms with Crippen LogP contribution < -0.4 is 5.32 Å². The minimum Gasteiger partial charge on any atom is -0.467 e. The molecule has 5 nitrogen and oxygen atoms in total. The van der Waals surface area contributed by atoms with Gasteiger partial charge in [-0.25, -0.2) is 4.79 Å². The number of aliphatic hydroxyl groups is 1. The summed E-state index contributed by atoms with van der Waals surface area (Å²) in [5.41, 5.74) is 0.675. The Balaban J connectivity index is 2.95. The average Bonchev–Trinajstić information content (AvgIpc) is 2.43. The Hall–Kier alpha value is -2.32. The summed E-state index contributed by atoms with van der Waals surface area (Å²) in [4.78, 5) is 23.5. The molecule has 0 bridgehead atoms. The molecule has 1 aromatic carbocycles. The molecular weight excluding hydrogens is 246 g/mol. The molecule has 1 aromatic rings. The first-order chi connectivity index (χ1) is 9.01. The molecule has 1 amide bonds. The number of terminal acetylenes is 1. The van der Waals surface area contributed by atoms with Crippen LogP contribution in [0.25, 0.3) is 0 Å². The van der Waals surface area contributed by atoms with E-state index in [0.717, 1.165) is 0 Å². The molecule has 0 saturated heterocycles. The Labute approximate surface area is 111 Å². The predicted octanol–water partition coefficient (Wildman–Crippen LogP) is 0.320. The van der Waals surface area contributed by atoms with Crippen molar-refractivity contribution in [2.45, 2.75) is 19.1 Å². The summed E-state index contributed by atoms with van der Waals surface area (Å²) in [5.74, 6) is 1.12. The van der Waals surface area contributed by atoms with Gasteiger partial charge in [-0.05, 0) is 19.1 Å². The number of rotatable bonds is 4. The Kier molecular flexibility index (Phi) is 5.10. The topological polar surface area (TPSA) is 75.6 Å². The zero-order valence-electron chi connectivity index (χ0n) is 10.7. The Morgan fingerprint density at radius 2 is 2.05 bits per heavy atom. The highest BCUT2D eigenvalue weighted by atomic mass is 16.5. The lowest BCUT2D eigenvalue weighted by atomic mass is 10.1. The van der Waals surface area contributed by atoms with Gasteiger partial charge >= 0.3 is 5.97 Å². The van der Waals surface area contributed by atoms with Crippen molar-refractivity contribution in [1.82, 2.24) is 5.32 Å². The van der Waals surface area contributed by atoms with E-state index in [9.17, 15) is 14.7 Å². The zero-order chi connectivity index (χ0) is 14.4. The third-order valence-corrected chi connectivity index (χ3v) is 2.55. The molecule has 0 radical (unpaired) electrons. The molecule has 2 atom stereocenters. The number of carbonyl (C=O) groups is 2. The number of ether oxygens (including phenoxy) is 1. The molecule has 0 aliphatic carbocycles. The first kappa shape index (κ1) is 14.7. The van der Waals surface area contributed by atoms with Crippen LogP contribution in [0.5, 0.6) is 0 Å². The van der Waals surface area contributed by atoms with Gasteiger partial charge in [0.1, 0.15) is 0 Å². The molecule has 19 heavy (non-hydrogen) atoms. The second-order valence-electron chi connectivity index (χ2n) is 3.90. The van der Waals surface area contributed by atoms with Crippen molar-refractivity contribution in [3.63, 3.8) is 0 Å². The third-order valence-electron chi connectivity index (χ3n) is 2.55. The van der Waals surface area contributed by atoms with Crippen LogP contribution in [0.3, 0.4) is 0 Å². The quantitative estimate of drug-likeness (QED) is 0.604. The number of aliphatic hydroxyl groups excluding tert-OH is 1. The van der Waals surface area contributed by atoms with Crippen LogP contribution in [0.1, 0.15) is 22.8 Å². The van der Waals surface area contributed by atoms with Gasteiger partial charge in [-0.3, -0.25) is 4.79 Å². The van der Waals surface area contributed by atoms with Gasteiger partial charge in [-0.1, -0.05) is 18.1 Å². The largest absolute Gasteiger partial charge is 0.467 e. The lowest BCUT2D eigenvalue weighted by Gasteiger charge is -2.19. The van der Waals surface area contributed by atoms with Crippen molar-refractivity contribution < 1.29 is 19.4 Å². The van der Waals surface area contributed by atoms with Crippen LogP contribution in [-0.2, 0) is 9.53 Å². The number of benzene rings is 1. The van der Waals surface area contributed by atoms with E-state index in [0.29, 0.717) is 5.56 Å².